The van der Waals surface area contributed by atoms with Gasteiger partial charge in [-0.1, -0.05) is 45.4 Å². The van der Waals surface area contributed by atoms with E-state index in [4.69, 9.17) is 0 Å². The lowest BCUT2D eigenvalue weighted by Gasteiger charge is -2.16. The second kappa shape index (κ2) is 8.31. The highest BCUT2D eigenvalue weighted by atomic mass is 79.9. The van der Waals surface area contributed by atoms with Crippen LogP contribution in [-0.4, -0.2) is 20.7 Å². The maximum absolute atomic E-state index is 12.7. The van der Waals surface area contributed by atoms with Crippen LogP contribution in [0.1, 0.15) is 23.6 Å². The van der Waals surface area contributed by atoms with E-state index in [1.54, 1.807) is 6.20 Å². The van der Waals surface area contributed by atoms with Crippen LogP contribution in [0.4, 0.5) is 5.69 Å². The number of imidazole rings is 1. The summed E-state index contributed by atoms with van der Waals surface area (Å²) in [5.74, 6) is -0.0274. The minimum absolute atomic E-state index is 0.0274. The summed E-state index contributed by atoms with van der Waals surface area (Å²) in [6.07, 6.45) is 3.66. The monoisotopic (exact) mass is 443 g/mol. The van der Waals surface area contributed by atoms with Gasteiger partial charge in [0.15, 0.2) is 5.16 Å². The molecule has 1 N–H and O–H groups in total. The summed E-state index contributed by atoms with van der Waals surface area (Å²) >= 11 is 4.90. The number of benzene rings is 2. The molecule has 0 saturated heterocycles. The molecule has 0 aliphatic heterocycles. The van der Waals surface area contributed by atoms with Gasteiger partial charge in [-0.15, -0.1) is 0 Å². The Kier molecular flexibility index (Phi) is 6.07. The molecule has 0 fully saturated rings. The first-order valence-electron chi connectivity index (χ1n) is 8.70. The summed E-state index contributed by atoms with van der Waals surface area (Å²) in [5.41, 5.74) is 5.26. The molecule has 3 rings (SSSR count). The van der Waals surface area contributed by atoms with Crippen LogP contribution in [0.25, 0.3) is 5.69 Å². The SMILES string of the molecule is Cc1cc(C)c(NC(=O)C(C)Sc2nccn2-c2ccc(Br)cc2)c(C)c1. The molecule has 0 spiro atoms. The smallest absolute Gasteiger partial charge is 0.237 e. The number of nitrogens with one attached hydrogen (secondary N) is 1. The fourth-order valence-electron chi connectivity index (χ4n) is 2.99. The van der Waals surface area contributed by atoms with E-state index in [2.05, 4.69) is 45.3 Å². The number of carbonyl (C=O) groups excluding carboxylic acids is 1. The summed E-state index contributed by atoms with van der Waals surface area (Å²) in [4.78, 5) is 17.2. The minimum Gasteiger partial charge on any atom is -0.325 e. The van der Waals surface area contributed by atoms with Crippen molar-refractivity contribution in [1.29, 1.82) is 0 Å². The molecule has 6 heteroatoms. The molecule has 0 aliphatic rings. The quantitative estimate of drug-likeness (QED) is 0.515. The van der Waals surface area contributed by atoms with Gasteiger partial charge in [0.2, 0.25) is 5.91 Å². The van der Waals surface area contributed by atoms with Crippen molar-refractivity contribution < 1.29 is 4.79 Å². The Balaban J connectivity index is 1.75. The summed E-state index contributed by atoms with van der Waals surface area (Å²) < 4.78 is 3.01. The number of thioether (sulfide) groups is 1. The molecule has 1 atom stereocenters. The van der Waals surface area contributed by atoms with Crippen LogP contribution in [0.15, 0.2) is 58.4 Å². The van der Waals surface area contributed by atoms with E-state index in [0.717, 1.165) is 32.1 Å². The number of amides is 1. The van der Waals surface area contributed by atoms with Gasteiger partial charge in [0, 0.05) is 28.2 Å². The van der Waals surface area contributed by atoms with Gasteiger partial charge in [0.05, 0.1) is 5.25 Å². The van der Waals surface area contributed by atoms with E-state index in [0.29, 0.717) is 0 Å². The summed E-state index contributed by atoms with van der Waals surface area (Å²) in [6.45, 7) is 8.01. The van der Waals surface area contributed by atoms with Gasteiger partial charge in [0.25, 0.3) is 0 Å². The first-order valence-corrected chi connectivity index (χ1v) is 10.4. The number of nitrogens with zero attached hydrogens (tertiary/aromatic N) is 2. The Morgan fingerprint density at radius 1 is 1.15 bits per heavy atom. The average molecular weight is 444 g/mol. The van der Waals surface area contributed by atoms with Crippen LogP contribution < -0.4 is 5.32 Å². The third-order valence-corrected chi connectivity index (χ3v) is 5.90. The fourth-order valence-corrected chi connectivity index (χ4v) is 4.14. The molecule has 1 aromatic heterocycles. The van der Waals surface area contributed by atoms with Gasteiger partial charge in [-0.2, -0.15) is 0 Å². The lowest BCUT2D eigenvalue weighted by molar-refractivity contribution is -0.115. The Bertz CT molecular complexity index is 943. The van der Waals surface area contributed by atoms with Crippen molar-refractivity contribution in [2.24, 2.45) is 0 Å². The number of aryl methyl sites for hydroxylation is 3. The molecule has 1 amide bonds. The third-order valence-electron chi connectivity index (χ3n) is 4.29. The lowest BCUT2D eigenvalue weighted by Crippen LogP contribution is -2.23. The normalized spacial score (nSPS) is 12.0. The van der Waals surface area contributed by atoms with E-state index < -0.39 is 0 Å². The number of carbonyl (C=O) groups is 1. The highest BCUT2D eigenvalue weighted by molar-refractivity contribution is 9.10. The van der Waals surface area contributed by atoms with Crippen molar-refractivity contribution in [1.82, 2.24) is 9.55 Å². The van der Waals surface area contributed by atoms with Crippen molar-refractivity contribution in [3.8, 4) is 5.69 Å². The van der Waals surface area contributed by atoms with Gasteiger partial charge < -0.3 is 5.32 Å². The maximum atomic E-state index is 12.7. The topological polar surface area (TPSA) is 46.9 Å². The highest BCUT2D eigenvalue weighted by Crippen LogP contribution is 2.27. The molecule has 0 radical (unpaired) electrons. The van der Waals surface area contributed by atoms with Gasteiger partial charge in [-0.05, 0) is 63.1 Å². The van der Waals surface area contributed by atoms with Crippen LogP contribution in [0, 0.1) is 20.8 Å². The zero-order chi connectivity index (χ0) is 19.6. The molecule has 3 aromatic rings. The van der Waals surface area contributed by atoms with Gasteiger partial charge in [-0.25, -0.2) is 4.98 Å². The Hall–Kier alpha value is -2.05. The molecule has 0 aliphatic carbocycles. The first-order chi connectivity index (χ1) is 12.8. The average Bonchev–Trinajstić information content (AvgIpc) is 3.06. The van der Waals surface area contributed by atoms with E-state index >= 15 is 0 Å². The van der Waals surface area contributed by atoms with Crippen molar-refractivity contribution >= 4 is 39.3 Å². The zero-order valence-electron chi connectivity index (χ0n) is 15.8. The van der Waals surface area contributed by atoms with Crippen LogP contribution in [0.2, 0.25) is 0 Å². The molecule has 4 nitrogen and oxygen atoms in total. The van der Waals surface area contributed by atoms with Crippen molar-refractivity contribution in [3.05, 3.63) is 70.0 Å². The number of rotatable bonds is 5. The van der Waals surface area contributed by atoms with Crippen LogP contribution >= 0.6 is 27.7 Å². The Labute approximate surface area is 172 Å². The first kappa shape index (κ1) is 19.7. The number of halogens is 1. The standard InChI is InChI=1S/C21H22BrN3OS/c1-13-11-14(2)19(15(3)12-13)24-20(26)16(4)27-21-23-9-10-25(21)18-7-5-17(22)6-8-18/h5-12,16H,1-4H3,(H,24,26). The van der Waals surface area contributed by atoms with E-state index in [1.807, 2.05) is 55.8 Å². The lowest BCUT2D eigenvalue weighted by atomic mass is 10.1. The summed E-state index contributed by atoms with van der Waals surface area (Å²) in [5, 5.41) is 3.59. The predicted molar refractivity (Wildman–Crippen MR) is 116 cm³/mol. The molecule has 1 unspecified atom stereocenters. The predicted octanol–water partition coefficient (Wildman–Crippen LogP) is 5.68. The van der Waals surface area contributed by atoms with Gasteiger partial charge in [-0.3, -0.25) is 9.36 Å². The Morgan fingerprint density at radius 3 is 2.41 bits per heavy atom. The molecule has 2 aromatic carbocycles. The molecule has 27 heavy (non-hydrogen) atoms. The van der Waals surface area contributed by atoms with Crippen molar-refractivity contribution in [2.75, 3.05) is 5.32 Å². The number of hydrogen-bond donors (Lipinski definition) is 1. The Morgan fingerprint density at radius 2 is 1.78 bits per heavy atom. The highest BCUT2D eigenvalue weighted by Gasteiger charge is 2.19. The summed E-state index contributed by atoms with van der Waals surface area (Å²) in [6, 6.07) is 12.2. The van der Waals surface area contributed by atoms with Crippen LogP contribution in [0.3, 0.4) is 0 Å². The molecular formula is C21H22BrN3OS. The molecule has 1 heterocycles. The second-order valence-electron chi connectivity index (χ2n) is 6.58. The van der Waals surface area contributed by atoms with Crippen molar-refractivity contribution in [3.63, 3.8) is 0 Å². The maximum Gasteiger partial charge on any atom is 0.237 e. The molecule has 140 valence electrons. The minimum atomic E-state index is -0.276. The number of anilines is 1. The number of aromatic nitrogens is 2. The van der Waals surface area contributed by atoms with E-state index in [9.17, 15) is 4.79 Å². The van der Waals surface area contributed by atoms with Gasteiger partial charge >= 0.3 is 0 Å². The number of hydrogen-bond acceptors (Lipinski definition) is 3. The molecular weight excluding hydrogens is 422 g/mol. The summed E-state index contributed by atoms with van der Waals surface area (Å²) in [7, 11) is 0. The van der Waals surface area contributed by atoms with Crippen LogP contribution in [0.5, 0.6) is 0 Å². The van der Waals surface area contributed by atoms with E-state index in [-0.39, 0.29) is 11.2 Å². The van der Waals surface area contributed by atoms with Crippen LogP contribution in [-0.2, 0) is 4.79 Å². The van der Waals surface area contributed by atoms with Crippen molar-refractivity contribution in [2.45, 2.75) is 38.1 Å². The molecule has 0 bridgehead atoms. The molecule has 0 saturated carbocycles. The third kappa shape index (κ3) is 4.62. The van der Waals surface area contributed by atoms with E-state index in [1.165, 1.54) is 17.3 Å². The largest absolute Gasteiger partial charge is 0.325 e. The fraction of sp³-hybridized carbons (Fsp3) is 0.238. The zero-order valence-corrected chi connectivity index (χ0v) is 18.2. The second-order valence-corrected chi connectivity index (χ2v) is 8.80. The van der Waals surface area contributed by atoms with Gasteiger partial charge in [0.1, 0.15) is 0 Å².